The van der Waals surface area contributed by atoms with E-state index in [9.17, 15) is 14.4 Å². The van der Waals surface area contributed by atoms with Crippen LogP contribution in [0.5, 0.6) is 0 Å². The number of fused-ring (bicyclic) bond motifs is 1. The van der Waals surface area contributed by atoms with Gasteiger partial charge in [0.05, 0.1) is 22.8 Å². The molecule has 7 heteroatoms. The number of anilines is 1. The molecule has 4 N–H and O–H groups in total. The molecule has 1 aromatic carbocycles. The van der Waals surface area contributed by atoms with Gasteiger partial charge in [-0.1, -0.05) is 17.7 Å². The molecule has 1 aromatic rings. The van der Waals surface area contributed by atoms with E-state index in [4.69, 9.17) is 23.1 Å². The van der Waals surface area contributed by atoms with Gasteiger partial charge in [0.15, 0.2) is 0 Å². The lowest BCUT2D eigenvalue weighted by Crippen LogP contribution is -2.47. The largest absolute Gasteiger partial charge is 0.368 e. The number of carbonyl (C=O) groups is 3. The summed E-state index contributed by atoms with van der Waals surface area (Å²) in [5.41, 5.74) is 11.0. The Bertz CT molecular complexity index is 558. The number of hydrogen-bond donors (Lipinski definition) is 2. The summed E-state index contributed by atoms with van der Waals surface area (Å²) in [6.45, 7) is -0.146. The summed E-state index contributed by atoms with van der Waals surface area (Å²) in [6.07, 6.45) is 0. The van der Waals surface area contributed by atoms with Gasteiger partial charge in [0.2, 0.25) is 5.91 Å². The van der Waals surface area contributed by atoms with E-state index in [2.05, 4.69) is 0 Å². The van der Waals surface area contributed by atoms with Crippen LogP contribution in [0.2, 0.25) is 5.02 Å². The van der Waals surface area contributed by atoms with E-state index in [-0.39, 0.29) is 17.1 Å². The Kier molecular flexibility index (Phi) is 3.06. The number of Topliss-reactive ketones (excluding diaryl/α,β-unsaturated/α-hetero) is 1. The first kappa shape index (κ1) is 12.5. The van der Waals surface area contributed by atoms with E-state index in [0.29, 0.717) is 5.69 Å². The second-order valence-corrected chi connectivity index (χ2v) is 4.29. The van der Waals surface area contributed by atoms with E-state index >= 15 is 0 Å². The fourth-order valence-corrected chi connectivity index (χ4v) is 2.02. The number of ketones is 1. The predicted octanol–water partition coefficient (Wildman–Crippen LogP) is -0.318. The summed E-state index contributed by atoms with van der Waals surface area (Å²) in [7, 11) is 0. The van der Waals surface area contributed by atoms with Crippen LogP contribution in [0, 0.1) is 0 Å². The molecule has 1 unspecified atom stereocenters. The van der Waals surface area contributed by atoms with E-state index in [0.717, 1.165) is 4.90 Å². The predicted molar refractivity (Wildman–Crippen MR) is 65.3 cm³/mol. The third-order valence-electron chi connectivity index (χ3n) is 2.69. The second kappa shape index (κ2) is 4.40. The van der Waals surface area contributed by atoms with Gasteiger partial charge in [0.1, 0.15) is 6.04 Å². The van der Waals surface area contributed by atoms with Gasteiger partial charge in [-0.3, -0.25) is 14.4 Å². The summed E-state index contributed by atoms with van der Waals surface area (Å²) < 4.78 is 0. The third kappa shape index (κ3) is 1.85. The van der Waals surface area contributed by atoms with Crippen LogP contribution in [-0.2, 0) is 9.59 Å². The number of nitrogens with two attached hydrogens (primary N) is 2. The van der Waals surface area contributed by atoms with E-state index in [1.54, 1.807) is 12.1 Å². The second-order valence-electron chi connectivity index (χ2n) is 3.89. The summed E-state index contributed by atoms with van der Waals surface area (Å²) in [6, 6.07) is 3.66. The van der Waals surface area contributed by atoms with Crippen LogP contribution in [0.25, 0.3) is 0 Å². The van der Waals surface area contributed by atoms with Crippen LogP contribution in [0.4, 0.5) is 5.69 Å². The molecule has 0 saturated carbocycles. The van der Waals surface area contributed by atoms with Crippen molar-refractivity contribution in [3.8, 4) is 0 Å². The highest BCUT2D eigenvalue weighted by atomic mass is 35.5. The number of nitrogens with zero attached hydrogens (tertiary/aromatic N) is 1. The van der Waals surface area contributed by atoms with Gasteiger partial charge in [-0.15, -0.1) is 0 Å². The molecule has 18 heavy (non-hydrogen) atoms. The molecule has 1 aliphatic heterocycles. The van der Waals surface area contributed by atoms with Crippen molar-refractivity contribution >= 4 is 34.9 Å². The Labute approximate surface area is 107 Å². The first-order valence-corrected chi connectivity index (χ1v) is 5.51. The molecule has 0 radical (unpaired) electrons. The molecule has 0 bridgehead atoms. The quantitative estimate of drug-likeness (QED) is 0.732. The van der Waals surface area contributed by atoms with Crippen molar-refractivity contribution in [3.63, 3.8) is 0 Å². The first-order valence-electron chi connectivity index (χ1n) is 5.13. The van der Waals surface area contributed by atoms with E-state index in [1.165, 1.54) is 6.07 Å². The molecule has 0 aliphatic carbocycles. The average Bonchev–Trinajstić information content (AvgIpc) is 2.55. The van der Waals surface area contributed by atoms with Gasteiger partial charge in [0, 0.05) is 0 Å². The Morgan fingerprint density at radius 2 is 2.06 bits per heavy atom. The van der Waals surface area contributed by atoms with Gasteiger partial charge in [-0.2, -0.15) is 0 Å². The molecule has 0 fully saturated rings. The Hall–Kier alpha value is -1.92. The molecule has 94 valence electrons. The number of hydrogen-bond acceptors (Lipinski definition) is 4. The van der Waals surface area contributed by atoms with Gasteiger partial charge in [-0.05, 0) is 12.1 Å². The molecular weight excluding hydrogens is 258 g/mol. The monoisotopic (exact) mass is 267 g/mol. The topological polar surface area (TPSA) is 106 Å². The van der Waals surface area contributed by atoms with Gasteiger partial charge >= 0.3 is 0 Å². The summed E-state index contributed by atoms with van der Waals surface area (Å²) in [4.78, 5) is 35.6. The molecule has 2 rings (SSSR count). The Morgan fingerprint density at radius 3 is 2.67 bits per heavy atom. The number of benzene rings is 1. The maximum atomic E-state index is 11.8. The molecule has 1 atom stereocenters. The minimum absolute atomic E-state index is 0.140. The van der Waals surface area contributed by atoms with Crippen LogP contribution in [0.3, 0.4) is 0 Å². The van der Waals surface area contributed by atoms with Crippen molar-refractivity contribution in [2.75, 3.05) is 11.4 Å². The molecule has 0 saturated heterocycles. The summed E-state index contributed by atoms with van der Waals surface area (Å²) in [5.74, 6) is -2.20. The summed E-state index contributed by atoms with van der Waals surface area (Å²) in [5, 5.41) is 0.195. The lowest BCUT2D eigenvalue weighted by atomic mass is 10.1. The number of rotatable bonds is 3. The molecule has 6 nitrogen and oxygen atoms in total. The Balaban J connectivity index is 2.41. The lowest BCUT2D eigenvalue weighted by molar-refractivity contribution is -0.119. The zero-order valence-corrected chi connectivity index (χ0v) is 9.98. The smallest absolute Gasteiger partial charge is 0.299 e. The number of amides is 2. The van der Waals surface area contributed by atoms with Crippen molar-refractivity contribution in [2.45, 2.75) is 6.04 Å². The zero-order valence-electron chi connectivity index (χ0n) is 9.22. The van der Waals surface area contributed by atoms with Crippen molar-refractivity contribution < 1.29 is 14.4 Å². The average molecular weight is 268 g/mol. The fourth-order valence-electron chi connectivity index (χ4n) is 1.77. The van der Waals surface area contributed by atoms with Gasteiger partial charge in [0.25, 0.3) is 11.7 Å². The summed E-state index contributed by atoms with van der Waals surface area (Å²) >= 11 is 5.87. The molecule has 1 aliphatic rings. The minimum atomic E-state index is -1.04. The van der Waals surface area contributed by atoms with E-state index < -0.39 is 23.6 Å². The van der Waals surface area contributed by atoms with Crippen LogP contribution < -0.4 is 16.4 Å². The fraction of sp³-hybridized carbons (Fsp3) is 0.182. The number of halogens is 1. The number of primary amides is 1. The standard InChI is InChI=1S/C11H10ClN3O3/c12-5-2-1-3-7-8(5)9(16)11(18)15(7)4-6(13)10(14)17/h1-3,6H,4,13H2,(H2,14,17). The van der Waals surface area contributed by atoms with Crippen LogP contribution in [-0.4, -0.2) is 30.2 Å². The van der Waals surface area contributed by atoms with Crippen LogP contribution >= 0.6 is 11.6 Å². The van der Waals surface area contributed by atoms with Crippen molar-refractivity contribution in [3.05, 3.63) is 28.8 Å². The third-order valence-corrected chi connectivity index (χ3v) is 3.01. The van der Waals surface area contributed by atoms with Crippen molar-refractivity contribution in [2.24, 2.45) is 11.5 Å². The minimum Gasteiger partial charge on any atom is -0.368 e. The van der Waals surface area contributed by atoms with E-state index in [1.807, 2.05) is 0 Å². The highest BCUT2D eigenvalue weighted by molar-refractivity contribution is 6.55. The molecule has 0 aromatic heterocycles. The van der Waals surface area contributed by atoms with Gasteiger partial charge < -0.3 is 16.4 Å². The first-order chi connectivity index (χ1) is 8.43. The molecule has 2 amide bonds. The van der Waals surface area contributed by atoms with Gasteiger partial charge in [-0.25, -0.2) is 0 Å². The van der Waals surface area contributed by atoms with Crippen LogP contribution in [0.1, 0.15) is 10.4 Å². The zero-order chi connectivity index (χ0) is 13.4. The van der Waals surface area contributed by atoms with Crippen molar-refractivity contribution in [1.29, 1.82) is 0 Å². The Morgan fingerprint density at radius 1 is 1.39 bits per heavy atom. The maximum Gasteiger partial charge on any atom is 0.299 e. The highest BCUT2D eigenvalue weighted by Crippen LogP contribution is 2.33. The lowest BCUT2D eigenvalue weighted by Gasteiger charge is -2.19. The maximum absolute atomic E-state index is 11.8. The normalized spacial score (nSPS) is 15.8. The molecular formula is C11H10ClN3O3. The number of carbonyl (C=O) groups excluding carboxylic acids is 3. The van der Waals surface area contributed by atoms with Crippen molar-refractivity contribution in [1.82, 2.24) is 0 Å². The van der Waals surface area contributed by atoms with Crippen LogP contribution in [0.15, 0.2) is 18.2 Å². The molecule has 1 heterocycles. The SMILES string of the molecule is NC(=O)C(N)CN1C(=O)C(=O)c2c(Cl)cccc21. The molecule has 0 spiro atoms. The highest BCUT2D eigenvalue weighted by Gasteiger charge is 2.38.